The molecule has 1 aromatic heterocycles. The molecule has 0 amide bonds. The van der Waals surface area contributed by atoms with Gasteiger partial charge in [-0.25, -0.2) is 0 Å². The summed E-state index contributed by atoms with van der Waals surface area (Å²) in [6.45, 7) is 1.90. The maximum Gasteiger partial charge on any atom is 0.169 e. The summed E-state index contributed by atoms with van der Waals surface area (Å²) in [6.07, 6.45) is 0.390. The van der Waals surface area contributed by atoms with E-state index in [0.29, 0.717) is 17.0 Å². The van der Waals surface area contributed by atoms with E-state index in [0.717, 1.165) is 14.9 Å². The van der Waals surface area contributed by atoms with Crippen molar-refractivity contribution < 1.29 is 4.79 Å². The smallest absolute Gasteiger partial charge is 0.169 e. The molecule has 0 atom stereocenters. The lowest BCUT2D eigenvalue weighted by atomic mass is 10.1. The van der Waals surface area contributed by atoms with E-state index in [1.165, 1.54) is 0 Å². The van der Waals surface area contributed by atoms with Crippen molar-refractivity contribution in [1.82, 2.24) is 0 Å². The first kappa shape index (κ1) is 12.8. The van der Waals surface area contributed by atoms with Crippen LogP contribution in [0.25, 0.3) is 0 Å². The predicted molar refractivity (Wildman–Crippen MR) is 76.2 cm³/mol. The molecule has 88 valence electrons. The number of ketones is 1. The van der Waals surface area contributed by atoms with Crippen LogP contribution < -0.4 is 0 Å². The van der Waals surface area contributed by atoms with Crippen molar-refractivity contribution in [3.63, 3.8) is 0 Å². The number of halogens is 2. The third-order valence-corrected chi connectivity index (χ3v) is 4.93. The highest BCUT2D eigenvalue weighted by Crippen LogP contribution is 2.26. The van der Waals surface area contributed by atoms with Crippen molar-refractivity contribution in [2.45, 2.75) is 13.3 Å². The van der Waals surface area contributed by atoms with Crippen LogP contribution in [0.3, 0.4) is 0 Å². The Labute approximate surface area is 118 Å². The Morgan fingerprint density at radius 2 is 2.18 bits per heavy atom. The predicted octanol–water partition coefficient (Wildman–Crippen LogP) is 4.90. The molecule has 0 bridgehead atoms. The van der Waals surface area contributed by atoms with Crippen LogP contribution in [0.1, 0.15) is 20.8 Å². The van der Waals surface area contributed by atoms with Crippen LogP contribution in [-0.4, -0.2) is 5.78 Å². The van der Waals surface area contributed by atoms with Gasteiger partial charge in [-0.05, 0) is 45.9 Å². The van der Waals surface area contributed by atoms with Gasteiger partial charge >= 0.3 is 0 Å². The molecular formula is C13H10BrClOS. The lowest BCUT2D eigenvalue weighted by Crippen LogP contribution is -2.04. The fraction of sp³-hybridized carbons (Fsp3) is 0.154. The number of Topliss-reactive ketones (excluding diaryl/α,β-unsaturated/α-hetero) is 1. The number of hydrogen-bond donors (Lipinski definition) is 0. The first-order chi connectivity index (χ1) is 8.09. The van der Waals surface area contributed by atoms with Crippen LogP contribution in [0.4, 0.5) is 0 Å². The second-order valence-corrected chi connectivity index (χ2v) is 5.96. The van der Waals surface area contributed by atoms with Crippen LogP contribution in [0.5, 0.6) is 0 Å². The first-order valence-corrected chi connectivity index (χ1v) is 7.15. The largest absolute Gasteiger partial charge is 0.294 e. The van der Waals surface area contributed by atoms with E-state index in [2.05, 4.69) is 15.9 Å². The first-order valence-electron chi connectivity index (χ1n) is 5.10. The standard InChI is InChI=1S/C13H10BrClOS/c1-8-3-2-4-9(13(8)15)11(16)7-12-10(14)5-6-17-12/h2-6H,7H2,1H3. The molecule has 1 heterocycles. The molecule has 1 aromatic carbocycles. The molecule has 2 rings (SSSR count). The summed E-state index contributed by atoms with van der Waals surface area (Å²) in [5.74, 6) is 0.0573. The van der Waals surface area contributed by atoms with Gasteiger partial charge in [0.05, 0.1) is 5.02 Å². The van der Waals surface area contributed by atoms with Gasteiger partial charge < -0.3 is 0 Å². The van der Waals surface area contributed by atoms with E-state index in [4.69, 9.17) is 11.6 Å². The zero-order valence-corrected chi connectivity index (χ0v) is 12.3. The Morgan fingerprint density at radius 3 is 2.82 bits per heavy atom. The van der Waals surface area contributed by atoms with Gasteiger partial charge in [-0.2, -0.15) is 0 Å². The molecule has 0 N–H and O–H groups in total. The SMILES string of the molecule is Cc1cccc(C(=O)Cc2sccc2Br)c1Cl. The van der Waals surface area contributed by atoms with Crippen LogP contribution in [0, 0.1) is 6.92 Å². The zero-order valence-electron chi connectivity index (χ0n) is 9.17. The van der Waals surface area contributed by atoms with Crippen LogP contribution in [-0.2, 0) is 6.42 Å². The Morgan fingerprint density at radius 1 is 1.41 bits per heavy atom. The maximum absolute atomic E-state index is 12.1. The molecule has 2 aromatic rings. The molecule has 0 spiro atoms. The van der Waals surface area contributed by atoms with Crippen molar-refractivity contribution in [3.05, 3.63) is 55.1 Å². The highest BCUT2D eigenvalue weighted by molar-refractivity contribution is 9.10. The van der Waals surface area contributed by atoms with Gasteiger partial charge in [-0.1, -0.05) is 23.7 Å². The summed E-state index contributed by atoms with van der Waals surface area (Å²) in [5.41, 5.74) is 1.54. The van der Waals surface area contributed by atoms with E-state index in [9.17, 15) is 4.79 Å². The minimum absolute atomic E-state index is 0.0573. The normalized spacial score (nSPS) is 10.5. The number of rotatable bonds is 3. The third-order valence-electron chi connectivity index (χ3n) is 2.50. The van der Waals surface area contributed by atoms with Crippen molar-refractivity contribution in [1.29, 1.82) is 0 Å². The highest BCUT2D eigenvalue weighted by Gasteiger charge is 2.14. The third kappa shape index (κ3) is 2.79. The minimum Gasteiger partial charge on any atom is -0.294 e. The number of carbonyl (C=O) groups is 1. The lowest BCUT2D eigenvalue weighted by Gasteiger charge is -2.05. The van der Waals surface area contributed by atoms with Gasteiger partial charge in [0.25, 0.3) is 0 Å². The van der Waals surface area contributed by atoms with Gasteiger partial charge in [0.2, 0.25) is 0 Å². The number of hydrogen-bond acceptors (Lipinski definition) is 2. The fourth-order valence-corrected chi connectivity index (χ4v) is 3.28. The number of carbonyl (C=O) groups excluding carboxylic acids is 1. The molecule has 0 aliphatic carbocycles. The minimum atomic E-state index is 0.0573. The molecular weight excluding hydrogens is 320 g/mol. The molecule has 0 aliphatic rings. The Bertz CT molecular complexity index is 562. The number of thiophene rings is 1. The summed E-state index contributed by atoms with van der Waals surface area (Å²) in [7, 11) is 0. The molecule has 0 saturated heterocycles. The van der Waals surface area contributed by atoms with Gasteiger partial charge in [-0.15, -0.1) is 11.3 Å². The second-order valence-electron chi connectivity index (χ2n) is 3.73. The zero-order chi connectivity index (χ0) is 12.4. The number of benzene rings is 1. The maximum atomic E-state index is 12.1. The van der Waals surface area contributed by atoms with Crippen molar-refractivity contribution in [2.75, 3.05) is 0 Å². The molecule has 0 fully saturated rings. The van der Waals surface area contributed by atoms with E-state index >= 15 is 0 Å². The highest BCUT2D eigenvalue weighted by atomic mass is 79.9. The number of aryl methyl sites for hydroxylation is 1. The van der Waals surface area contributed by atoms with E-state index in [1.54, 1.807) is 17.4 Å². The quantitative estimate of drug-likeness (QED) is 0.732. The lowest BCUT2D eigenvalue weighted by molar-refractivity contribution is 0.0993. The Hall–Kier alpha value is -0.640. The second kappa shape index (κ2) is 5.34. The van der Waals surface area contributed by atoms with Crippen LogP contribution in [0.15, 0.2) is 34.1 Å². The van der Waals surface area contributed by atoms with Gasteiger partial charge in [-0.3, -0.25) is 4.79 Å². The van der Waals surface area contributed by atoms with Crippen molar-refractivity contribution in [3.8, 4) is 0 Å². The molecule has 0 saturated carbocycles. The van der Waals surface area contributed by atoms with E-state index in [1.807, 2.05) is 30.5 Å². The summed E-state index contributed by atoms with van der Waals surface area (Å²) >= 11 is 11.1. The summed E-state index contributed by atoms with van der Waals surface area (Å²) in [6, 6.07) is 7.49. The molecule has 0 radical (unpaired) electrons. The Balaban J connectivity index is 2.27. The van der Waals surface area contributed by atoms with Gasteiger partial charge in [0, 0.05) is 21.3 Å². The summed E-state index contributed by atoms with van der Waals surface area (Å²) < 4.78 is 0.986. The Kier molecular flexibility index (Phi) is 4.02. The van der Waals surface area contributed by atoms with Gasteiger partial charge in [0.1, 0.15) is 0 Å². The van der Waals surface area contributed by atoms with Crippen molar-refractivity contribution >= 4 is 44.7 Å². The van der Waals surface area contributed by atoms with E-state index in [-0.39, 0.29) is 5.78 Å². The van der Waals surface area contributed by atoms with Crippen LogP contribution in [0.2, 0.25) is 5.02 Å². The van der Waals surface area contributed by atoms with Crippen LogP contribution >= 0.6 is 38.9 Å². The summed E-state index contributed by atoms with van der Waals surface area (Å²) in [4.78, 5) is 13.2. The molecule has 4 heteroatoms. The monoisotopic (exact) mass is 328 g/mol. The molecule has 1 nitrogen and oxygen atoms in total. The molecule has 0 unspecified atom stereocenters. The fourth-order valence-electron chi connectivity index (χ4n) is 1.56. The topological polar surface area (TPSA) is 17.1 Å². The summed E-state index contributed by atoms with van der Waals surface area (Å²) in [5, 5.41) is 2.52. The van der Waals surface area contributed by atoms with E-state index < -0.39 is 0 Å². The van der Waals surface area contributed by atoms with Crippen molar-refractivity contribution in [2.24, 2.45) is 0 Å². The molecule has 0 aliphatic heterocycles. The van der Waals surface area contributed by atoms with Gasteiger partial charge in [0.15, 0.2) is 5.78 Å². The average Bonchev–Trinajstić information content (AvgIpc) is 2.68. The molecule has 17 heavy (non-hydrogen) atoms. The average molecular weight is 330 g/mol.